The van der Waals surface area contributed by atoms with Gasteiger partial charge < -0.3 is 9.64 Å². The van der Waals surface area contributed by atoms with Crippen LogP contribution in [0, 0.1) is 0 Å². The summed E-state index contributed by atoms with van der Waals surface area (Å²) in [5, 5.41) is 0. The van der Waals surface area contributed by atoms with Gasteiger partial charge >= 0.3 is 0 Å². The lowest BCUT2D eigenvalue weighted by Gasteiger charge is -2.42. The van der Waals surface area contributed by atoms with Crippen molar-refractivity contribution in [3.05, 3.63) is 270 Å². The molecule has 2 aliphatic carbocycles. The molecule has 1 spiro atoms. The van der Waals surface area contributed by atoms with Gasteiger partial charge in [0.25, 0.3) is 0 Å². The van der Waals surface area contributed by atoms with Crippen molar-refractivity contribution in [2.45, 2.75) is 24.7 Å². The van der Waals surface area contributed by atoms with Crippen LogP contribution in [0.3, 0.4) is 0 Å². The zero-order valence-corrected chi connectivity index (χ0v) is 36.9. The fourth-order valence-corrected chi connectivity index (χ4v) is 11.6. The van der Waals surface area contributed by atoms with Crippen molar-refractivity contribution in [2.24, 2.45) is 0 Å². The summed E-state index contributed by atoms with van der Waals surface area (Å²) in [4.78, 5) is 2.44. The summed E-state index contributed by atoms with van der Waals surface area (Å²) >= 11 is 0. The minimum absolute atomic E-state index is 0.133. The average molecular weight is 844 g/mol. The van der Waals surface area contributed by atoms with E-state index in [1.54, 1.807) is 0 Å². The highest BCUT2D eigenvalue weighted by atomic mass is 16.5. The smallest absolute Gasteiger partial charge is 0.132 e. The predicted octanol–water partition coefficient (Wildman–Crippen LogP) is 16.9. The van der Waals surface area contributed by atoms with Crippen molar-refractivity contribution in [3.63, 3.8) is 0 Å². The molecule has 0 bridgehead atoms. The van der Waals surface area contributed by atoms with Gasteiger partial charge in [-0.05, 0) is 121 Å². The number of nitrogens with zero attached hydrogens (tertiary/aromatic N) is 1. The number of hydrogen-bond donors (Lipinski definition) is 0. The molecule has 10 aromatic rings. The summed E-state index contributed by atoms with van der Waals surface area (Å²) in [6.07, 6.45) is 0. The van der Waals surface area contributed by atoms with Crippen molar-refractivity contribution >= 4 is 17.1 Å². The van der Waals surface area contributed by atoms with Gasteiger partial charge in [-0.1, -0.05) is 202 Å². The van der Waals surface area contributed by atoms with Crippen molar-refractivity contribution in [2.75, 3.05) is 4.90 Å². The normalized spacial score (nSPS) is 14.0. The molecule has 0 radical (unpaired) electrons. The van der Waals surface area contributed by atoms with E-state index in [-0.39, 0.29) is 5.41 Å². The Morgan fingerprint density at radius 2 is 0.788 bits per heavy atom. The second kappa shape index (κ2) is 14.7. The van der Waals surface area contributed by atoms with E-state index in [9.17, 15) is 0 Å². The molecular formula is C64H45NO. The number of para-hydroxylation sites is 2. The van der Waals surface area contributed by atoms with Crippen molar-refractivity contribution in [1.82, 2.24) is 0 Å². The molecule has 66 heavy (non-hydrogen) atoms. The summed E-state index contributed by atoms with van der Waals surface area (Å²) in [5.74, 6) is 1.75. The van der Waals surface area contributed by atoms with Gasteiger partial charge in [-0.25, -0.2) is 0 Å². The summed E-state index contributed by atoms with van der Waals surface area (Å²) in [6, 6.07) is 86.9. The number of fused-ring (bicyclic) bond motifs is 14. The van der Waals surface area contributed by atoms with Gasteiger partial charge in [-0.3, -0.25) is 0 Å². The Kier molecular flexibility index (Phi) is 8.51. The fraction of sp³-hybridized carbons (Fsp3) is 0.0625. The summed E-state index contributed by atoms with van der Waals surface area (Å²) in [7, 11) is 0. The molecule has 1 heterocycles. The minimum atomic E-state index is -0.661. The molecule has 13 rings (SSSR count). The second-order valence-electron chi connectivity index (χ2n) is 18.4. The van der Waals surface area contributed by atoms with Gasteiger partial charge in [0.05, 0.1) is 11.1 Å². The highest BCUT2D eigenvalue weighted by molar-refractivity contribution is 5.95. The SMILES string of the molecule is CC1(C)c2ccccc2-c2ccc(N(c3ccc(-c4ccc5c(c4)C4(c6ccccc6O5)c5ccccc5-c5ccccc5-c5ccccc54)cc3)c3ccccc3-c3ccccc3)cc21. The Morgan fingerprint density at radius 1 is 0.303 bits per heavy atom. The third-order valence-corrected chi connectivity index (χ3v) is 14.6. The molecule has 0 atom stereocenters. The maximum Gasteiger partial charge on any atom is 0.132 e. The van der Waals surface area contributed by atoms with Gasteiger partial charge in [0.15, 0.2) is 0 Å². The molecule has 312 valence electrons. The molecule has 2 nitrogen and oxygen atoms in total. The predicted molar refractivity (Wildman–Crippen MR) is 272 cm³/mol. The zero-order chi connectivity index (χ0) is 44.0. The van der Waals surface area contributed by atoms with Crippen LogP contribution in [0.1, 0.15) is 47.2 Å². The third-order valence-electron chi connectivity index (χ3n) is 14.6. The number of rotatable bonds is 5. The lowest BCUT2D eigenvalue weighted by Crippen LogP contribution is -2.34. The third kappa shape index (κ3) is 5.55. The highest BCUT2D eigenvalue weighted by Crippen LogP contribution is 2.61. The van der Waals surface area contributed by atoms with Crippen LogP contribution >= 0.6 is 0 Å². The Labute approximate surface area is 386 Å². The molecule has 0 amide bonds. The molecule has 0 fully saturated rings. The maximum atomic E-state index is 6.90. The lowest BCUT2D eigenvalue weighted by atomic mass is 9.62. The van der Waals surface area contributed by atoms with E-state index >= 15 is 0 Å². The Balaban J connectivity index is 0.990. The van der Waals surface area contributed by atoms with E-state index in [2.05, 4.69) is 255 Å². The molecule has 2 heteroatoms. The monoisotopic (exact) mass is 843 g/mol. The first-order chi connectivity index (χ1) is 32.5. The van der Waals surface area contributed by atoms with Gasteiger partial charge in [-0.15, -0.1) is 0 Å². The van der Waals surface area contributed by atoms with E-state index in [0.29, 0.717) is 0 Å². The van der Waals surface area contributed by atoms with Gasteiger partial charge in [0, 0.05) is 33.5 Å². The highest BCUT2D eigenvalue weighted by Gasteiger charge is 2.49. The van der Waals surface area contributed by atoms with Crippen LogP contribution in [0.5, 0.6) is 11.5 Å². The summed E-state index contributed by atoms with van der Waals surface area (Å²) < 4.78 is 6.90. The van der Waals surface area contributed by atoms with Gasteiger partial charge in [0.1, 0.15) is 11.5 Å². The molecule has 0 unspecified atom stereocenters. The van der Waals surface area contributed by atoms with Crippen LogP contribution in [0.15, 0.2) is 237 Å². The first-order valence-electron chi connectivity index (χ1n) is 23.0. The zero-order valence-electron chi connectivity index (χ0n) is 36.9. The summed E-state index contributed by atoms with van der Waals surface area (Å²) in [6.45, 7) is 4.71. The average Bonchev–Trinajstić information content (AvgIpc) is 3.54. The maximum absolute atomic E-state index is 6.90. The fourth-order valence-electron chi connectivity index (χ4n) is 11.6. The Morgan fingerprint density at radius 3 is 1.47 bits per heavy atom. The molecular weight excluding hydrogens is 799 g/mol. The number of benzene rings is 10. The number of hydrogen-bond acceptors (Lipinski definition) is 2. The first kappa shape index (κ1) is 38.3. The van der Waals surface area contributed by atoms with E-state index in [0.717, 1.165) is 50.8 Å². The van der Waals surface area contributed by atoms with Crippen LogP contribution in [-0.4, -0.2) is 0 Å². The van der Waals surface area contributed by atoms with E-state index in [4.69, 9.17) is 4.74 Å². The van der Waals surface area contributed by atoms with Crippen molar-refractivity contribution in [1.29, 1.82) is 0 Å². The molecule has 0 N–H and O–H groups in total. The lowest BCUT2D eigenvalue weighted by molar-refractivity contribution is 0.435. The standard InChI is InChI=1S/C64H45NO/c1-63(2)54-26-12-8-25-52(54)53-38-37-46(41-58(53)63)65(60-30-16-11-20-47(60)43-18-4-3-5-19-43)45-35-32-42(33-36-45)44-34-39-62-59(40-44)64(57-29-15-17-31-61(57)66-62)55-27-13-9-23-50(55)48-21-6-7-22-49(48)51-24-10-14-28-56(51)64/h3-41H,1-2H3. The molecule has 1 aliphatic heterocycles. The second-order valence-corrected chi connectivity index (χ2v) is 18.4. The first-order valence-corrected chi connectivity index (χ1v) is 23.0. The number of ether oxygens (including phenoxy) is 1. The van der Waals surface area contributed by atoms with Crippen LogP contribution in [-0.2, 0) is 10.8 Å². The quantitative estimate of drug-likeness (QED) is 0.171. The number of anilines is 3. The van der Waals surface area contributed by atoms with Crippen LogP contribution in [0.25, 0.3) is 55.6 Å². The van der Waals surface area contributed by atoms with E-state index in [1.165, 1.54) is 66.8 Å². The van der Waals surface area contributed by atoms with Gasteiger partial charge in [0.2, 0.25) is 0 Å². The minimum Gasteiger partial charge on any atom is -0.457 e. The van der Waals surface area contributed by atoms with E-state index < -0.39 is 5.41 Å². The Bertz CT molecular complexity index is 3480. The molecule has 0 saturated carbocycles. The summed E-state index contributed by atoms with van der Waals surface area (Å²) in [5.41, 5.74) is 22.3. The molecule has 3 aliphatic rings. The molecule has 0 saturated heterocycles. The van der Waals surface area contributed by atoms with Crippen LogP contribution in [0.4, 0.5) is 17.1 Å². The Hall–Kier alpha value is -8.20. The molecule has 10 aromatic carbocycles. The van der Waals surface area contributed by atoms with E-state index in [1.807, 2.05) is 0 Å². The van der Waals surface area contributed by atoms with Crippen molar-refractivity contribution in [3.8, 4) is 67.1 Å². The largest absolute Gasteiger partial charge is 0.457 e. The van der Waals surface area contributed by atoms with Crippen LogP contribution in [0.2, 0.25) is 0 Å². The topological polar surface area (TPSA) is 12.5 Å². The van der Waals surface area contributed by atoms with Gasteiger partial charge in [-0.2, -0.15) is 0 Å². The molecule has 0 aromatic heterocycles. The van der Waals surface area contributed by atoms with Crippen molar-refractivity contribution < 1.29 is 4.74 Å². The van der Waals surface area contributed by atoms with Crippen LogP contribution < -0.4 is 9.64 Å².